The van der Waals surface area contributed by atoms with E-state index in [4.69, 9.17) is 14.5 Å². The molecule has 5 rings (SSSR count). The Bertz CT molecular complexity index is 1810. The molecule has 1 aliphatic carbocycles. The maximum Gasteiger partial charge on any atom is 0.306 e. The molecule has 0 saturated heterocycles. The fourth-order valence-corrected chi connectivity index (χ4v) is 7.45. The van der Waals surface area contributed by atoms with E-state index in [1.807, 2.05) is 13.8 Å². The lowest BCUT2D eigenvalue weighted by atomic mass is 9.72. The number of hydrogen-bond donors (Lipinski definition) is 0. The number of benzene rings is 3. The van der Waals surface area contributed by atoms with Crippen LogP contribution in [0.1, 0.15) is 94.4 Å². The van der Waals surface area contributed by atoms with Gasteiger partial charge in [0.05, 0.1) is 13.0 Å². The largest absolute Gasteiger partial charge is 0.480 e. The zero-order valence-electron chi connectivity index (χ0n) is 32.3. The van der Waals surface area contributed by atoms with Crippen molar-refractivity contribution in [3.05, 3.63) is 77.9 Å². The normalized spacial score (nSPS) is 18.6. The standard InChI is InChI=1S/C45H58N2O4/c1-10-47(25-26-50-42(49)24-23-41(48)30(2)3)34-21-19-32(20-22-34)38-27-40-43(37-17-12-11-16-36(37)38)51-45(8,9)39-18-14-13-15-35(39)31(4)33(29-46-40)28-44(5,6)7/h11-12,15-22,27,29-31,33H,10,13-14,23-26,28H2,1-9H3. The third-order valence-electron chi connectivity index (χ3n) is 10.3. The first-order chi connectivity index (χ1) is 24.2. The molecule has 1 aliphatic heterocycles. The smallest absolute Gasteiger partial charge is 0.306 e. The number of nitrogens with zero attached hydrogens (tertiary/aromatic N) is 2. The van der Waals surface area contributed by atoms with Gasteiger partial charge in [-0.05, 0) is 97.2 Å². The fourth-order valence-electron chi connectivity index (χ4n) is 7.45. The van der Waals surface area contributed by atoms with Crippen LogP contribution >= 0.6 is 0 Å². The maximum absolute atomic E-state index is 12.2. The second-order valence-electron chi connectivity index (χ2n) is 16.2. The number of likely N-dealkylation sites (N-methyl/N-ethyl adjacent to an activating group) is 1. The highest BCUT2D eigenvalue weighted by molar-refractivity contribution is 6.04. The monoisotopic (exact) mass is 690 g/mol. The molecule has 2 aliphatic rings. The summed E-state index contributed by atoms with van der Waals surface area (Å²) in [6.07, 6.45) is 10.5. The van der Waals surface area contributed by atoms with Crippen LogP contribution < -0.4 is 9.64 Å². The van der Waals surface area contributed by atoms with Crippen molar-refractivity contribution < 1.29 is 19.1 Å². The van der Waals surface area contributed by atoms with Crippen molar-refractivity contribution >= 4 is 40.1 Å². The Kier molecular flexibility index (Phi) is 11.9. The van der Waals surface area contributed by atoms with Crippen LogP contribution in [0.15, 0.2) is 82.9 Å². The average Bonchev–Trinajstić information content (AvgIpc) is 3.10. The number of carbonyl (C=O) groups is 2. The topological polar surface area (TPSA) is 68.2 Å². The van der Waals surface area contributed by atoms with Crippen molar-refractivity contribution in [3.8, 4) is 16.9 Å². The molecule has 3 aromatic rings. The molecule has 51 heavy (non-hydrogen) atoms. The van der Waals surface area contributed by atoms with Gasteiger partial charge in [-0.15, -0.1) is 0 Å². The van der Waals surface area contributed by atoms with Gasteiger partial charge in [0.1, 0.15) is 23.7 Å². The first-order valence-corrected chi connectivity index (χ1v) is 18.9. The van der Waals surface area contributed by atoms with E-state index in [2.05, 4.69) is 126 Å². The number of rotatable bonds is 11. The van der Waals surface area contributed by atoms with Crippen LogP contribution in [0.2, 0.25) is 0 Å². The average molecular weight is 691 g/mol. The van der Waals surface area contributed by atoms with Gasteiger partial charge in [0, 0.05) is 42.1 Å². The third-order valence-corrected chi connectivity index (χ3v) is 10.3. The lowest BCUT2D eigenvalue weighted by Gasteiger charge is -2.38. The zero-order valence-corrected chi connectivity index (χ0v) is 32.3. The molecular formula is C45H58N2O4. The molecule has 1 heterocycles. The number of ketones is 1. The molecule has 0 bridgehead atoms. The van der Waals surface area contributed by atoms with Gasteiger partial charge in [0.2, 0.25) is 0 Å². The minimum absolute atomic E-state index is 0.0676. The predicted octanol–water partition coefficient (Wildman–Crippen LogP) is 11.1. The highest BCUT2D eigenvalue weighted by Gasteiger charge is 2.36. The van der Waals surface area contributed by atoms with Gasteiger partial charge < -0.3 is 14.4 Å². The summed E-state index contributed by atoms with van der Waals surface area (Å²) in [5, 5.41) is 2.17. The van der Waals surface area contributed by atoms with E-state index in [1.54, 1.807) is 0 Å². The minimum atomic E-state index is -0.538. The Hall–Kier alpha value is -4.19. The van der Waals surface area contributed by atoms with E-state index < -0.39 is 5.60 Å². The SMILES string of the molecule is CCN(CCOC(=O)CCC(=O)C(C)C)c1ccc(-c2cc3c(c4ccccc24)OC(C)(C)C2=CCCC=C2C(C)C(CC(C)(C)C)C=N3)cc1. The van der Waals surface area contributed by atoms with Gasteiger partial charge >= 0.3 is 5.97 Å². The predicted molar refractivity (Wildman–Crippen MR) is 212 cm³/mol. The summed E-state index contributed by atoms with van der Waals surface area (Å²) in [6.45, 7) is 21.1. The highest BCUT2D eigenvalue weighted by atomic mass is 16.5. The maximum atomic E-state index is 12.2. The van der Waals surface area contributed by atoms with Crippen molar-refractivity contribution in [1.29, 1.82) is 0 Å². The van der Waals surface area contributed by atoms with Crippen LogP contribution in [0, 0.1) is 23.2 Å². The quantitative estimate of drug-likeness (QED) is 0.187. The number of aliphatic imine (C=N–C) groups is 1. The van der Waals surface area contributed by atoms with Crippen molar-refractivity contribution in [2.24, 2.45) is 28.2 Å². The Morgan fingerprint density at radius 3 is 2.35 bits per heavy atom. The summed E-state index contributed by atoms with van der Waals surface area (Å²) in [7, 11) is 0. The summed E-state index contributed by atoms with van der Waals surface area (Å²) in [5.74, 6) is 1.10. The highest BCUT2D eigenvalue weighted by Crippen LogP contribution is 2.48. The molecule has 3 aromatic carbocycles. The van der Waals surface area contributed by atoms with E-state index in [1.165, 1.54) is 11.1 Å². The van der Waals surface area contributed by atoms with Crippen LogP contribution in [0.5, 0.6) is 5.75 Å². The fraction of sp³-hybridized carbons (Fsp3) is 0.489. The first-order valence-electron chi connectivity index (χ1n) is 18.9. The van der Waals surface area contributed by atoms with E-state index in [9.17, 15) is 9.59 Å². The summed E-state index contributed by atoms with van der Waals surface area (Å²) in [6, 6.07) is 19.3. The summed E-state index contributed by atoms with van der Waals surface area (Å²) in [4.78, 5) is 31.6. The number of anilines is 1. The second-order valence-corrected chi connectivity index (χ2v) is 16.2. The number of ether oxygens (including phenoxy) is 2. The number of hydrogen-bond acceptors (Lipinski definition) is 6. The summed E-state index contributed by atoms with van der Waals surface area (Å²) < 4.78 is 12.6. The number of esters is 1. The molecule has 0 N–H and O–H groups in total. The van der Waals surface area contributed by atoms with Gasteiger partial charge in [0.25, 0.3) is 0 Å². The van der Waals surface area contributed by atoms with Crippen molar-refractivity contribution in [1.82, 2.24) is 0 Å². The van der Waals surface area contributed by atoms with Gasteiger partial charge in [-0.2, -0.15) is 0 Å². The van der Waals surface area contributed by atoms with Crippen LogP contribution in [0.4, 0.5) is 11.4 Å². The first kappa shape index (κ1) is 38.1. The second kappa shape index (κ2) is 16.0. The number of carbonyl (C=O) groups excluding carboxylic acids is 2. The molecule has 2 unspecified atom stereocenters. The van der Waals surface area contributed by atoms with Crippen molar-refractivity contribution in [3.63, 3.8) is 0 Å². The van der Waals surface area contributed by atoms with Crippen LogP contribution in [0.25, 0.3) is 21.9 Å². The Labute approximate surface area is 306 Å². The zero-order chi connectivity index (χ0) is 36.9. The molecule has 0 aromatic heterocycles. The lowest BCUT2D eigenvalue weighted by molar-refractivity contribution is -0.144. The van der Waals surface area contributed by atoms with Gasteiger partial charge in [0.15, 0.2) is 5.75 Å². The molecule has 272 valence electrons. The molecule has 6 nitrogen and oxygen atoms in total. The molecule has 0 spiro atoms. The molecular weight excluding hydrogens is 633 g/mol. The molecule has 0 fully saturated rings. The van der Waals surface area contributed by atoms with Crippen molar-refractivity contribution in [2.45, 2.75) is 100 Å². The summed E-state index contributed by atoms with van der Waals surface area (Å²) >= 11 is 0. The van der Waals surface area contributed by atoms with E-state index in [0.717, 1.165) is 64.8 Å². The number of fused-ring (bicyclic) bond motifs is 4. The summed E-state index contributed by atoms with van der Waals surface area (Å²) in [5.41, 5.74) is 6.42. The Morgan fingerprint density at radius 1 is 1.00 bits per heavy atom. The minimum Gasteiger partial charge on any atom is -0.480 e. The number of allylic oxidation sites excluding steroid dienone is 2. The Balaban J connectivity index is 1.47. The van der Waals surface area contributed by atoms with Gasteiger partial charge in [-0.1, -0.05) is 90.1 Å². The third kappa shape index (κ3) is 9.19. The van der Waals surface area contributed by atoms with Gasteiger partial charge in [-0.25, -0.2) is 0 Å². The van der Waals surface area contributed by atoms with E-state index in [0.29, 0.717) is 12.5 Å². The van der Waals surface area contributed by atoms with Crippen LogP contribution in [-0.4, -0.2) is 43.3 Å². The number of Topliss-reactive ketones (excluding diaryl/α,β-unsaturated/α-hetero) is 1. The molecule has 0 radical (unpaired) electrons. The van der Waals surface area contributed by atoms with Crippen molar-refractivity contribution in [2.75, 3.05) is 24.6 Å². The van der Waals surface area contributed by atoms with E-state index >= 15 is 0 Å². The van der Waals surface area contributed by atoms with Crippen LogP contribution in [-0.2, 0) is 14.3 Å². The van der Waals surface area contributed by atoms with E-state index in [-0.39, 0.29) is 48.5 Å². The molecule has 2 atom stereocenters. The molecule has 0 saturated carbocycles. The van der Waals surface area contributed by atoms with Gasteiger partial charge in [-0.3, -0.25) is 14.6 Å². The van der Waals surface area contributed by atoms with Crippen LogP contribution in [0.3, 0.4) is 0 Å². The Morgan fingerprint density at radius 2 is 1.69 bits per heavy atom. The molecule has 6 heteroatoms. The lowest BCUT2D eigenvalue weighted by Crippen LogP contribution is -2.35. The molecule has 0 amide bonds.